The molecule has 0 aliphatic carbocycles. The highest BCUT2D eigenvalue weighted by atomic mass is 16.5. The van der Waals surface area contributed by atoms with Gasteiger partial charge in [-0.25, -0.2) is 4.98 Å². The number of methoxy groups -OCH3 is 1. The molecule has 0 amide bonds. The van der Waals surface area contributed by atoms with Crippen molar-refractivity contribution in [1.29, 1.82) is 0 Å². The molecule has 0 unspecified atom stereocenters. The van der Waals surface area contributed by atoms with Crippen LogP contribution >= 0.6 is 0 Å². The summed E-state index contributed by atoms with van der Waals surface area (Å²) in [6, 6.07) is 0. The number of hydrogen-bond donors (Lipinski definition) is 2. The van der Waals surface area contributed by atoms with Gasteiger partial charge in [0, 0.05) is 27.3 Å². The molecule has 18 heavy (non-hydrogen) atoms. The van der Waals surface area contributed by atoms with Gasteiger partial charge in [-0.15, -0.1) is 0 Å². The van der Waals surface area contributed by atoms with Gasteiger partial charge in [-0.3, -0.25) is 4.98 Å². The van der Waals surface area contributed by atoms with Crippen molar-refractivity contribution in [3.8, 4) is 0 Å². The summed E-state index contributed by atoms with van der Waals surface area (Å²) in [5.74, 6) is 1.56. The van der Waals surface area contributed by atoms with E-state index in [4.69, 9.17) is 9.47 Å². The summed E-state index contributed by atoms with van der Waals surface area (Å²) in [7, 11) is 3.50. The van der Waals surface area contributed by atoms with Crippen LogP contribution in [0.3, 0.4) is 0 Å². The summed E-state index contributed by atoms with van der Waals surface area (Å²) >= 11 is 0. The number of anilines is 2. The molecular formula is C12H22N4O2. The lowest BCUT2D eigenvalue weighted by Gasteiger charge is -2.07. The molecule has 1 aromatic rings. The van der Waals surface area contributed by atoms with Crippen molar-refractivity contribution < 1.29 is 9.47 Å². The quantitative estimate of drug-likeness (QED) is 0.615. The Morgan fingerprint density at radius 3 is 2.72 bits per heavy atom. The lowest BCUT2D eigenvalue weighted by Crippen LogP contribution is -2.07. The number of aromatic nitrogens is 2. The molecule has 1 rings (SSSR count). The smallest absolute Gasteiger partial charge is 0.146 e. The molecular weight excluding hydrogens is 232 g/mol. The van der Waals surface area contributed by atoms with Gasteiger partial charge in [-0.05, 0) is 12.8 Å². The Balaban J connectivity index is 2.03. The topological polar surface area (TPSA) is 68.3 Å². The number of nitrogens with one attached hydrogen (secondary N) is 2. The molecule has 0 radical (unpaired) electrons. The van der Waals surface area contributed by atoms with Crippen molar-refractivity contribution in [2.75, 3.05) is 51.2 Å². The molecule has 0 bridgehead atoms. The van der Waals surface area contributed by atoms with E-state index >= 15 is 0 Å². The number of unbranched alkanes of at least 4 members (excludes halogenated alkanes) is 1. The molecule has 0 saturated carbocycles. The summed E-state index contributed by atoms with van der Waals surface area (Å²) in [6.45, 7) is 2.97. The first-order chi connectivity index (χ1) is 8.86. The lowest BCUT2D eigenvalue weighted by molar-refractivity contribution is 0.0691. The first kappa shape index (κ1) is 14.7. The van der Waals surface area contributed by atoms with Crippen molar-refractivity contribution in [2.45, 2.75) is 12.8 Å². The molecule has 1 aromatic heterocycles. The second-order valence-corrected chi connectivity index (χ2v) is 3.78. The second-order valence-electron chi connectivity index (χ2n) is 3.78. The van der Waals surface area contributed by atoms with Crippen LogP contribution in [0.1, 0.15) is 12.8 Å². The summed E-state index contributed by atoms with van der Waals surface area (Å²) in [6.07, 6.45) is 5.47. The molecule has 6 nitrogen and oxygen atoms in total. The minimum absolute atomic E-state index is 0.657. The van der Waals surface area contributed by atoms with E-state index in [-0.39, 0.29) is 0 Å². The first-order valence-corrected chi connectivity index (χ1v) is 6.17. The van der Waals surface area contributed by atoms with Gasteiger partial charge in [0.15, 0.2) is 0 Å². The van der Waals surface area contributed by atoms with Gasteiger partial charge in [-0.1, -0.05) is 0 Å². The number of nitrogens with zero attached hydrogens (tertiary/aromatic N) is 2. The number of hydrogen-bond acceptors (Lipinski definition) is 6. The van der Waals surface area contributed by atoms with Crippen LogP contribution in [0.4, 0.5) is 11.6 Å². The van der Waals surface area contributed by atoms with Crippen LogP contribution in [0, 0.1) is 0 Å². The van der Waals surface area contributed by atoms with Crippen LogP contribution in [0.25, 0.3) is 0 Å². The second kappa shape index (κ2) is 9.61. The highest BCUT2D eigenvalue weighted by Gasteiger charge is 1.96. The zero-order chi connectivity index (χ0) is 13.1. The van der Waals surface area contributed by atoms with E-state index in [1.165, 1.54) is 0 Å². The molecule has 102 valence electrons. The third-order valence-corrected chi connectivity index (χ3v) is 2.34. The SMILES string of the molecule is CNc1cncc(NCCCCOCCOC)n1. The van der Waals surface area contributed by atoms with Gasteiger partial charge in [0.2, 0.25) is 0 Å². The summed E-state index contributed by atoms with van der Waals surface area (Å²) in [5, 5.41) is 6.18. The van der Waals surface area contributed by atoms with Crippen molar-refractivity contribution in [2.24, 2.45) is 0 Å². The fourth-order valence-electron chi connectivity index (χ4n) is 1.36. The van der Waals surface area contributed by atoms with E-state index in [0.29, 0.717) is 13.2 Å². The third kappa shape index (κ3) is 6.36. The maximum absolute atomic E-state index is 5.37. The van der Waals surface area contributed by atoms with Crippen molar-refractivity contribution >= 4 is 11.6 Å². The van der Waals surface area contributed by atoms with Gasteiger partial charge >= 0.3 is 0 Å². The molecule has 0 saturated heterocycles. The largest absolute Gasteiger partial charge is 0.382 e. The minimum atomic E-state index is 0.657. The predicted molar refractivity (Wildman–Crippen MR) is 72.0 cm³/mol. The summed E-state index contributed by atoms with van der Waals surface area (Å²) in [4.78, 5) is 8.40. The predicted octanol–water partition coefficient (Wildman–Crippen LogP) is 1.37. The van der Waals surface area contributed by atoms with Crippen molar-refractivity contribution in [1.82, 2.24) is 9.97 Å². The summed E-state index contributed by atoms with van der Waals surface area (Å²) in [5.41, 5.74) is 0. The van der Waals surface area contributed by atoms with Crippen molar-refractivity contribution in [3.63, 3.8) is 0 Å². The molecule has 1 heterocycles. The van der Waals surface area contributed by atoms with Gasteiger partial charge in [0.05, 0.1) is 25.6 Å². The van der Waals surface area contributed by atoms with E-state index < -0.39 is 0 Å². The average molecular weight is 254 g/mol. The zero-order valence-electron chi connectivity index (χ0n) is 11.1. The average Bonchev–Trinajstić information content (AvgIpc) is 2.42. The van der Waals surface area contributed by atoms with E-state index in [1.54, 1.807) is 19.5 Å². The monoisotopic (exact) mass is 254 g/mol. The zero-order valence-corrected chi connectivity index (χ0v) is 11.1. The minimum Gasteiger partial charge on any atom is -0.382 e. The van der Waals surface area contributed by atoms with Gasteiger partial charge in [0.25, 0.3) is 0 Å². The Hall–Kier alpha value is -1.40. The number of rotatable bonds is 10. The van der Waals surface area contributed by atoms with Gasteiger partial charge < -0.3 is 20.1 Å². The third-order valence-electron chi connectivity index (χ3n) is 2.34. The molecule has 0 aliphatic rings. The molecule has 6 heteroatoms. The fraction of sp³-hybridized carbons (Fsp3) is 0.667. The van der Waals surface area contributed by atoms with Crippen LogP contribution in [0.15, 0.2) is 12.4 Å². The Bertz CT molecular complexity index is 323. The van der Waals surface area contributed by atoms with Crippen LogP contribution in [0.5, 0.6) is 0 Å². The van der Waals surface area contributed by atoms with Crippen LogP contribution < -0.4 is 10.6 Å². The van der Waals surface area contributed by atoms with E-state index in [0.717, 1.165) is 37.6 Å². The fourth-order valence-corrected chi connectivity index (χ4v) is 1.36. The highest BCUT2D eigenvalue weighted by molar-refractivity contribution is 5.40. The lowest BCUT2D eigenvalue weighted by atomic mass is 10.3. The van der Waals surface area contributed by atoms with Gasteiger partial charge in [0.1, 0.15) is 11.6 Å². The highest BCUT2D eigenvalue weighted by Crippen LogP contribution is 2.05. The molecule has 0 aliphatic heterocycles. The van der Waals surface area contributed by atoms with Crippen LogP contribution in [-0.4, -0.2) is 50.5 Å². The standard InChI is InChI=1S/C12H22N4O2/c1-13-11-9-14-10-12(16-11)15-5-3-4-6-18-8-7-17-2/h9-10H,3-8H2,1-2H3,(H2,13,15,16). The maximum Gasteiger partial charge on any atom is 0.146 e. The Labute approximate surface area is 108 Å². The first-order valence-electron chi connectivity index (χ1n) is 6.17. The Morgan fingerprint density at radius 2 is 1.94 bits per heavy atom. The summed E-state index contributed by atoms with van der Waals surface area (Å²) < 4.78 is 10.3. The van der Waals surface area contributed by atoms with E-state index in [2.05, 4.69) is 20.6 Å². The van der Waals surface area contributed by atoms with Crippen molar-refractivity contribution in [3.05, 3.63) is 12.4 Å². The molecule has 0 spiro atoms. The molecule has 0 atom stereocenters. The normalized spacial score (nSPS) is 10.3. The van der Waals surface area contributed by atoms with E-state index in [1.807, 2.05) is 7.05 Å². The molecule has 2 N–H and O–H groups in total. The van der Waals surface area contributed by atoms with E-state index in [9.17, 15) is 0 Å². The Kier molecular flexibility index (Phi) is 7.83. The van der Waals surface area contributed by atoms with Crippen LogP contribution in [-0.2, 0) is 9.47 Å². The molecule has 0 aromatic carbocycles. The number of ether oxygens (including phenoxy) is 2. The molecule has 0 fully saturated rings. The van der Waals surface area contributed by atoms with Gasteiger partial charge in [-0.2, -0.15) is 0 Å². The van der Waals surface area contributed by atoms with Crippen LogP contribution in [0.2, 0.25) is 0 Å². The Morgan fingerprint density at radius 1 is 1.11 bits per heavy atom. The maximum atomic E-state index is 5.37.